The smallest absolute Gasteiger partial charge is 0.0342 e. The Morgan fingerprint density at radius 2 is 1.68 bits per heavy atom. The van der Waals surface area contributed by atoms with Crippen LogP contribution in [0.1, 0.15) is 56.2 Å². The van der Waals surface area contributed by atoms with Crippen molar-refractivity contribution in [1.82, 2.24) is 10.2 Å². The van der Waals surface area contributed by atoms with Crippen molar-refractivity contribution in [2.45, 2.75) is 45.1 Å². The number of benzene rings is 1. The Kier molecular flexibility index (Phi) is 7.11. The van der Waals surface area contributed by atoms with Gasteiger partial charge < -0.3 is 10.2 Å². The summed E-state index contributed by atoms with van der Waals surface area (Å²) in [5, 5.41) is 3.23. The van der Waals surface area contributed by atoms with E-state index in [4.69, 9.17) is 0 Å². The normalized spacial score (nSPS) is 14.6. The number of hydrogen-bond donors (Lipinski definition) is 1. The molecule has 1 aromatic rings. The summed E-state index contributed by atoms with van der Waals surface area (Å²) in [6.07, 6.45) is 3.63. The molecule has 1 rings (SSSR count). The predicted molar refractivity (Wildman–Crippen MR) is 84.7 cm³/mol. The summed E-state index contributed by atoms with van der Waals surface area (Å²) in [6.45, 7) is 5.64. The minimum atomic E-state index is 0.527. The van der Waals surface area contributed by atoms with Crippen molar-refractivity contribution in [2.24, 2.45) is 0 Å². The van der Waals surface area contributed by atoms with Gasteiger partial charge in [0.05, 0.1) is 0 Å². The Hall–Kier alpha value is -0.860. The molecule has 2 atom stereocenters. The second-order valence-corrected chi connectivity index (χ2v) is 5.70. The number of rotatable bonds is 8. The molecule has 0 aliphatic carbocycles. The second-order valence-electron chi connectivity index (χ2n) is 5.70. The molecule has 0 aromatic heterocycles. The predicted octanol–water partition coefficient (Wildman–Crippen LogP) is 3.80. The van der Waals surface area contributed by atoms with Gasteiger partial charge in [-0.25, -0.2) is 0 Å². The molecule has 1 N–H and O–H groups in total. The van der Waals surface area contributed by atoms with Gasteiger partial charge in [0.15, 0.2) is 0 Å². The Labute approximate surface area is 119 Å². The summed E-state index contributed by atoms with van der Waals surface area (Å²) < 4.78 is 0. The molecule has 2 unspecified atom stereocenters. The lowest BCUT2D eigenvalue weighted by molar-refractivity contribution is 0.279. The quantitative estimate of drug-likeness (QED) is 0.717. The zero-order chi connectivity index (χ0) is 14.3. The first kappa shape index (κ1) is 16.2. The van der Waals surface area contributed by atoms with E-state index < -0.39 is 0 Å². The molecule has 0 spiro atoms. The maximum Gasteiger partial charge on any atom is 0.0342 e. The molecule has 0 saturated carbocycles. The van der Waals surface area contributed by atoms with Gasteiger partial charge in [0.25, 0.3) is 0 Å². The van der Waals surface area contributed by atoms with E-state index in [0.717, 1.165) is 6.54 Å². The molecule has 108 valence electrons. The van der Waals surface area contributed by atoms with Crippen LogP contribution < -0.4 is 5.32 Å². The topological polar surface area (TPSA) is 15.3 Å². The summed E-state index contributed by atoms with van der Waals surface area (Å²) in [7, 11) is 6.37. The number of hydrogen-bond acceptors (Lipinski definition) is 2. The Balaban J connectivity index is 2.74. The molecular weight excluding hydrogens is 232 g/mol. The van der Waals surface area contributed by atoms with E-state index in [9.17, 15) is 0 Å². The molecule has 0 amide bonds. The van der Waals surface area contributed by atoms with Crippen LogP contribution in [0.5, 0.6) is 0 Å². The average Bonchev–Trinajstić information content (AvgIpc) is 2.42. The number of nitrogens with one attached hydrogen (secondary N) is 1. The van der Waals surface area contributed by atoms with Crippen LogP contribution in [0.2, 0.25) is 0 Å². The third-order valence-corrected chi connectivity index (χ3v) is 4.03. The highest BCUT2D eigenvalue weighted by molar-refractivity contribution is 5.27. The third-order valence-electron chi connectivity index (χ3n) is 4.03. The Bertz CT molecular complexity index is 343. The molecule has 0 bridgehead atoms. The monoisotopic (exact) mass is 262 g/mol. The molecule has 0 fully saturated rings. The van der Waals surface area contributed by atoms with Gasteiger partial charge in [-0.1, -0.05) is 38.1 Å². The molecule has 0 saturated heterocycles. The van der Waals surface area contributed by atoms with Crippen molar-refractivity contribution in [3.8, 4) is 0 Å². The zero-order valence-corrected chi connectivity index (χ0v) is 13.2. The van der Waals surface area contributed by atoms with Crippen molar-refractivity contribution in [3.05, 3.63) is 35.4 Å². The Morgan fingerprint density at radius 3 is 2.16 bits per heavy atom. The molecule has 19 heavy (non-hydrogen) atoms. The van der Waals surface area contributed by atoms with Crippen molar-refractivity contribution in [1.29, 1.82) is 0 Å². The fourth-order valence-corrected chi connectivity index (χ4v) is 2.48. The van der Waals surface area contributed by atoms with Crippen LogP contribution in [-0.2, 0) is 0 Å². The Morgan fingerprint density at radius 1 is 1.11 bits per heavy atom. The van der Waals surface area contributed by atoms with Gasteiger partial charge in [0.2, 0.25) is 0 Å². The van der Waals surface area contributed by atoms with E-state index in [2.05, 4.69) is 62.4 Å². The highest BCUT2D eigenvalue weighted by atomic mass is 15.1. The highest BCUT2D eigenvalue weighted by Gasteiger charge is 2.14. The summed E-state index contributed by atoms with van der Waals surface area (Å²) in [4.78, 5) is 2.33. The van der Waals surface area contributed by atoms with E-state index in [1.165, 1.54) is 30.4 Å². The van der Waals surface area contributed by atoms with Crippen LogP contribution >= 0.6 is 0 Å². The standard InChI is InChI=1S/C17H30N2/c1-6-14(2)15-9-11-16(12-10-15)17(19(4)5)8-7-13-18-3/h9-12,14,17-18H,6-8,13H2,1-5H3. The van der Waals surface area contributed by atoms with Gasteiger partial charge in [-0.15, -0.1) is 0 Å². The second kappa shape index (κ2) is 8.34. The molecule has 0 aliphatic rings. The van der Waals surface area contributed by atoms with Crippen molar-refractivity contribution in [3.63, 3.8) is 0 Å². The molecule has 0 heterocycles. The summed E-state index contributed by atoms with van der Waals surface area (Å²) in [6, 6.07) is 9.76. The first-order chi connectivity index (χ1) is 9.10. The lowest BCUT2D eigenvalue weighted by Gasteiger charge is -2.25. The maximum absolute atomic E-state index is 3.23. The van der Waals surface area contributed by atoms with Gasteiger partial charge in [0.1, 0.15) is 0 Å². The maximum atomic E-state index is 3.23. The van der Waals surface area contributed by atoms with Gasteiger partial charge in [-0.3, -0.25) is 0 Å². The van der Waals surface area contributed by atoms with E-state index in [1.54, 1.807) is 0 Å². The van der Waals surface area contributed by atoms with Crippen LogP contribution in [0, 0.1) is 0 Å². The summed E-state index contributed by atoms with van der Waals surface area (Å²) in [5.41, 5.74) is 2.90. The van der Waals surface area contributed by atoms with Crippen LogP contribution in [0.4, 0.5) is 0 Å². The first-order valence-electron chi connectivity index (χ1n) is 7.51. The number of nitrogens with zero attached hydrogens (tertiary/aromatic N) is 1. The fourth-order valence-electron chi connectivity index (χ4n) is 2.48. The van der Waals surface area contributed by atoms with Gasteiger partial charge >= 0.3 is 0 Å². The molecule has 2 nitrogen and oxygen atoms in total. The minimum absolute atomic E-state index is 0.527. The summed E-state index contributed by atoms with van der Waals surface area (Å²) >= 11 is 0. The molecule has 0 radical (unpaired) electrons. The van der Waals surface area contributed by atoms with E-state index in [1.807, 2.05) is 7.05 Å². The van der Waals surface area contributed by atoms with E-state index in [0.29, 0.717) is 12.0 Å². The molecular formula is C17H30N2. The first-order valence-corrected chi connectivity index (χ1v) is 7.51. The average molecular weight is 262 g/mol. The zero-order valence-electron chi connectivity index (χ0n) is 13.2. The molecule has 1 aromatic carbocycles. The molecule has 2 heteroatoms. The minimum Gasteiger partial charge on any atom is -0.320 e. The van der Waals surface area contributed by atoms with Crippen molar-refractivity contribution >= 4 is 0 Å². The van der Waals surface area contributed by atoms with E-state index in [-0.39, 0.29) is 0 Å². The summed E-state index contributed by atoms with van der Waals surface area (Å²) in [5.74, 6) is 0.663. The van der Waals surface area contributed by atoms with Crippen molar-refractivity contribution < 1.29 is 0 Å². The van der Waals surface area contributed by atoms with E-state index >= 15 is 0 Å². The highest BCUT2D eigenvalue weighted by Crippen LogP contribution is 2.26. The van der Waals surface area contributed by atoms with Crippen LogP contribution in [0.3, 0.4) is 0 Å². The van der Waals surface area contributed by atoms with Crippen LogP contribution in [0.15, 0.2) is 24.3 Å². The van der Waals surface area contributed by atoms with Crippen LogP contribution in [-0.4, -0.2) is 32.6 Å². The van der Waals surface area contributed by atoms with Gasteiger partial charge in [-0.2, -0.15) is 0 Å². The van der Waals surface area contributed by atoms with Gasteiger partial charge in [0, 0.05) is 6.04 Å². The lowest BCUT2D eigenvalue weighted by Crippen LogP contribution is -2.21. The van der Waals surface area contributed by atoms with Crippen LogP contribution in [0.25, 0.3) is 0 Å². The van der Waals surface area contributed by atoms with Gasteiger partial charge in [-0.05, 0) is 64.0 Å². The molecule has 0 aliphatic heterocycles. The SMILES string of the molecule is CCC(C)c1ccc(C(CCCNC)N(C)C)cc1. The lowest BCUT2D eigenvalue weighted by atomic mass is 9.94. The third kappa shape index (κ3) is 4.96. The largest absolute Gasteiger partial charge is 0.320 e. The van der Waals surface area contributed by atoms with Crippen molar-refractivity contribution in [2.75, 3.05) is 27.7 Å². The fraction of sp³-hybridized carbons (Fsp3) is 0.647.